The largest absolute Gasteiger partial charge is 0.467 e. The zero-order valence-corrected chi connectivity index (χ0v) is 19.9. The number of carbonyl (C=O) groups is 1. The van der Waals surface area contributed by atoms with Crippen LogP contribution < -0.4 is 4.74 Å². The highest BCUT2D eigenvalue weighted by molar-refractivity contribution is 9.10. The van der Waals surface area contributed by atoms with Gasteiger partial charge in [0.15, 0.2) is 6.61 Å². The molecule has 1 aromatic carbocycles. The van der Waals surface area contributed by atoms with Crippen LogP contribution in [0.1, 0.15) is 11.1 Å². The Balaban J connectivity index is 1.46. The summed E-state index contributed by atoms with van der Waals surface area (Å²) < 4.78 is 37.5. The molecule has 2 aromatic rings. The number of rotatable bonds is 8. The second kappa shape index (κ2) is 10.7. The SMILES string of the molecule is O=C(COc1ncc(Br)cc1CS(=O)(=O)O)N1CCN(CCc2ccc(Cl)cc2)CC1. The summed E-state index contributed by atoms with van der Waals surface area (Å²) in [6, 6.07) is 9.29. The number of aromatic nitrogens is 1. The van der Waals surface area contributed by atoms with Crippen LogP contribution in [0.2, 0.25) is 5.02 Å². The van der Waals surface area contributed by atoms with Crippen LogP contribution in [-0.2, 0) is 27.1 Å². The Labute approximate surface area is 195 Å². The molecule has 0 atom stereocenters. The summed E-state index contributed by atoms with van der Waals surface area (Å²) in [6.45, 7) is 3.37. The summed E-state index contributed by atoms with van der Waals surface area (Å²) in [5.41, 5.74) is 1.40. The predicted octanol–water partition coefficient (Wildman–Crippen LogP) is 2.65. The van der Waals surface area contributed by atoms with Crippen molar-refractivity contribution in [3.05, 3.63) is 57.2 Å². The van der Waals surface area contributed by atoms with Gasteiger partial charge in [-0.05, 0) is 46.1 Å². The molecule has 0 unspecified atom stereocenters. The summed E-state index contributed by atoms with van der Waals surface area (Å²) in [6.07, 6.45) is 2.35. The maximum Gasteiger partial charge on any atom is 0.269 e. The minimum atomic E-state index is -4.26. The fourth-order valence-electron chi connectivity index (χ4n) is 3.28. The first-order valence-electron chi connectivity index (χ1n) is 9.66. The molecule has 1 fully saturated rings. The fourth-order valence-corrected chi connectivity index (χ4v) is 4.38. The molecule has 11 heteroatoms. The van der Waals surface area contributed by atoms with E-state index in [9.17, 15) is 13.2 Å². The molecule has 1 amide bonds. The lowest BCUT2D eigenvalue weighted by Gasteiger charge is -2.34. The van der Waals surface area contributed by atoms with E-state index in [0.29, 0.717) is 17.6 Å². The molecule has 1 saturated heterocycles. The van der Waals surface area contributed by atoms with Crippen LogP contribution in [0, 0.1) is 0 Å². The van der Waals surface area contributed by atoms with Crippen LogP contribution in [-0.4, -0.2) is 73.0 Å². The molecule has 0 bridgehead atoms. The van der Waals surface area contributed by atoms with E-state index in [1.54, 1.807) is 4.90 Å². The second-order valence-corrected chi connectivity index (χ2v) is 10.0. The number of benzene rings is 1. The number of hydrogen-bond acceptors (Lipinski definition) is 6. The molecule has 3 rings (SSSR count). The fraction of sp³-hybridized carbons (Fsp3) is 0.400. The smallest absolute Gasteiger partial charge is 0.269 e. The molecule has 1 aromatic heterocycles. The van der Waals surface area contributed by atoms with Gasteiger partial charge in [-0.3, -0.25) is 14.2 Å². The van der Waals surface area contributed by atoms with Crippen molar-refractivity contribution >= 4 is 43.6 Å². The van der Waals surface area contributed by atoms with E-state index in [2.05, 4.69) is 25.8 Å². The lowest BCUT2D eigenvalue weighted by Crippen LogP contribution is -2.50. The average Bonchev–Trinajstić information content (AvgIpc) is 2.72. The Kier molecular flexibility index (Phi) is 8.29. The lowest BCUT2D eigenvalue weighted by atomic mass is 10.1. The van der Waals surface area contributed by atoms with E-state index < -0.39 is 15.9 Å². The quantitative estimate of drug-likeness (QED) is 0.522. The first-order valence-corrected chi connectivity index (χ1v) is 12.4. The maximum absolute atomic E-state index is 12.5. The third kappa shape index (κ3) is 7.73. The Morgan fingerprint density at radius 1 is 1.19 bits per heavy atom. The van der Waals surface area contributed by atoms with Gasteiger partial charge in [-0.25, -0.2) is 4.98 Å². The summed E-state index contributed by atoms with van der Waals surface area (Å²) in [5.74, 6) is -0.828. The molecule has 168 valence electrons. The van der Waals surface area contributed by atoms with Crippen molar-refractivity contribution in [2.24, 2.45) is 0 Å². The Morgan fingerprint density at radius 3 is 2.52 bits per heavy atom. The highest BCUT2D eigenvalue weighted by Gasteiger charge is 2.22. The van der Waals surface area contributed by atoms with E-state index in [0.717, 1.165) is 31.1 Å². The van der Waals surface area contributed by atoms with E-state index in [1.807, 2.05) is 24.3 Å². The Hall–Kier alpha value is -1.72. The summed E-state index contributed by atoms with van der Waals surface area (Å²) >= 11 is 9.12. The van der Waals surface area contributed by atoms with Crippen LogP contribution in [0.3, 0.4) is 0 Å². The van der Waals surface area contributed by atoms with Crippen molar-refractivity contribution in [1.82, 2.24) is 14.8 Å². The molecule has 1 aliphatic rings. The topological polar surface area (TPSA) is 100 Å². The van der Waals surface area contributed by atoms with E-state index in [-0.39, 0.29) is 24.0 Å². The molecule has 0 aliphatic carbocycles. The third-order valence-electron chi connectivity index (χ3n) is 4.92. The monoisotopic (exact) mass is 531 g/mol. The molecule has 0 spiro atoms. The van der Waals surface area contributed by atoms with Gasteiger partial charge in [-0.15, -0.1) is 0 Å². The van der Waals surface area contributed by atoms with E-state index >= 15 is 0 Å². The molecule has 0 radical (unpaired) electrons. The minimum Gasteiger partial charge on any atom is -0.467 e. The van der Waals surface area contributed by atoms with Gasteiger partial charge in [0.1, 0.15) is 5.75 Å². The molecule has 0 saturated carbocycles. The van der Waals surface area contributed by atoms with Crippen LogP contribution in [0.4, 0.5) is 0 Å². The van der Waals surface area contributed by atoms with Gasteiger partial charge < -0.3 is 9.64 Å². The van der Waals surface area contributed by atoms with Gasteiger partial charge in [-0.1, -0.05) is 23.7 Å². The van der Waals surface area contributed by atoms with Crippen LogP contribution in [0.15, 0.2) is 41.0 Å². The van der Waals surface area contributed by atoms with Gasteiger partial charge in [0.2, 0.25) is 5.88 Å². The first-order chi connectivity index (χ1) is 14.7. The first kappa shape index (κ1) is 23.9. The van der Waals surface area contributed by atoms with Gasteiger partial charge in [0.05, 0.1) is 0 Å². The third-order valence-corrected chi connectivity index (χ3v) is 6.28. The Bertz CT molecular complexity index is 1010. The van der Waals surface area contributed by atoms with Crippen molar-refractivity contribution in [1.29, 1.82) is 0 Å². The number of hydrogen-bond donors (Lipinski definition) is 1. The number of ether oxygens (including phenoxy) is 1. The second-order valence-electron chi connectivity index (χ2n) is 7.23. The zero-order valence-electron chi connectivity index (χ0n) is 16.7. The zero-order chi connectivity index (χ0) is 22.4. The number of pyridine rings is 1. The predicted molar refractivity (Wildman–Crippen MR) is 121 cm³/mol. The molecule has 31 heavy (non-hydrogen) atoms. The summed E-state index contributed by atoms with van der Waals surface area (Å²) in [7, 11) is -4.26. The highest BCUT2D eigenvalue weighted by Crippen LogP contribution is 2.22. The molecular weight excluding hydrogens is 510 g/mol. The van der Waals surface area contributed by atoms with Gasteiger partial charge >= 0.3 is 0 Å². The molecule has 2 heterocycles. The highest BCUT2D eigenvalue weighted by atomic mass is 79.9. The van der Waals surface area contributed by atoms with Crippen molar-refractivity contribution in [2.75, 3.05) is 39.3 Å². The minimum absolute atomic E-state index is 0.00998. The van der Waals surface area contributed by atoms with Crippen LogP contribution in [0.5, 0.6) is 5.88 Å². The van der Waals surface area contributed by atoms with Crippen molar-refractivity contribution in [3.63, 3.8) is 0 Å². The van der Waals surface area contributed by atoms with Crippen LogP contribution >= 0.6 is 27.5 Å². The van der Waals surface area contributed by atoms with Crippen LogP contribution in [0.25, 0.3) is 0 Å². The average molecular weight is 533 g/mol. The van der Waals surface area contributed by atoms with E-state index in [4.69, 9.17) is 20.9 Å². The molecular formula is C20H23BrClN3O5S. The number of nitrogens with zero attached hydrogens (tertiary/aromatic N) is 3. The summed E-state index contributed by atoms with van der Waals surface area (Å²) in [5, 5.41) is 0.724. The number of halogens is 2. The van der Waals surface area contributed by atoms with E-state index in [1.165, 1.54) is 17.8 Å². The lowest BCUT2D eigenvalue weighted by molar-refractivity contribution is -0.135. The van der Waals surface area contributed by atoms with Gasteiger partial charge in [0, 0.05) is 54.0 Å². The maximum atomic E-state index is 12.5. The molecule has 1 aliphatic heterocycles. The number of piperazine rings is 1. The standard InChI is InChI=1S/C20H23BrClN3O5S/c21-17-11-16(14-31(27,28)29)20(23-12-17)30-13-19(26)25-9-7-24(8-10-25)6-5-15-1-3-18(22)4-2-15/h1-4,11-12H,5-10,13-14H2,(H,27,28,29). The summed E-state index contributed by atoms with van der Waals surface area (Å²) in [4.78, 5) is 20.6. The van der Waals surface area contributed by atoms with Crippen molar-refractivity contribution in [2.45, 2.75) is 12.2 Å². The number of carbonyl (C=O) groups excluding carboxylic acids is 1. The molecule has 8 nitrogen and oxygen atoms in total. The number of amides is 1. The van der Waals surface area contributed by atoms with Crippen molar-refractivity contribution < 1.29 is 22.5 Å². The molecule has 1 N–H and O–H groups in total. The normalized spacial score (nSPS) is 15.1. The van der Waals surface area contributed by atoms with Gasteiger partial charge in [-0.2, -0.15) is 8.42 Å². The van der Waals surface area contributed by atoms with Gasteiger partial charge in [0.25, 0.3) is 16.0 Å². The Morgan fingerprint density at radius 2 is 1.87 bits per heavy atom. The van der Waals surface area contributed by atoms with Crippen molar-refractivity contribution in [3.8, 4) is 5.88 Å².